The molecule has 2 amide bonds. The maximum atomic E-state index is 14.8. The van der Waals surface area contributed by atoms with Crippen molar-refractivity contribution in [1.29, 1.82) is 0 Å². The number of para-hydroxylation sites is 1. The second-order valence-electron chi connectivity index (χ2n) is 9.15. The molecule has 0 atom stereocenters. The third-order valence-electron chi connectivity index (χ3n) is 5.44. The number of carbonyl (C=O) groups excluding carboxylic acids is 1. The number of aromatic nitrogens is 5. The number of amides is 2. The molecule has 9 nitrogen and oxygen atoms in total. The van der Waals surface area contributed by atoms with Crippen molar-refractivity contribution in [3.05, 3.63) is 84.7 Å². The molecule has 0 unspecified atom stereocenters. The molecule has 0 spiro atoms. The molecule has 3 N–H and O–H groups in total. The molecule has 10 heteroatoms. The van der Waals surface area contributed by atoms with E-state index >= 15 is 0 Å². The van der Waals surface area contributed by atoms with E-state index in [1.807, 2.05) is 57.2 Å². The summed E-state index contributed by atoms with van der Waals surface area (Å²) in [6.45, 7) is 6.11. The van der Waals surface area contributed by atoms with Gasteiger partial charge in [0.15, 0.2) is 0 Å². The number of hydrogen-bond acceptors (Lipinski definition) is 5. The van der Waals surface area contributed by atoms with Crippen LogP contribution in [0.1, 0.15) is 26.5 Å². The Morgan fingerprint density at radius 3 is 2.58 bits per heavy atom. The van der Waals surface area contributed by atoms with Gasteiger partial charge in [0.2, 0.25) is 5.88 Å². The lowest BCUT2D eigenvalue weighted by Crippen LogP contribution is -2.21. The van der Waals surface area contributed by atoms with Crippen molar-refractivity contribution in [2.45, 2.75) is 26.2 Å². The number of halogens is 1. The van der Waals surface area contributed by atoms with Gasteiger partial charge in [0.25, 0.3) is 0 Å². The highest BCUT2D eigenvalue weighted by Gasteiger charge is 2.22. The van der Waals surface area contributed by atoms with E-state index in [0.29, 0.717) is 22.7 Å². The van der Waals surface area contributed by atoms with E-state index in [0.717, 1.165) is 11.4 Å². The van der Waals surface area contributed by atoms with Crippen LogP contribution in [0, 0.1) is 5.82 Å². The zero-order valence-corrected chi connectivity index (χ0v) is 19.9. The molecule has 0 saturated heterocycles. The van der Waals surface area contributed by atoms with Gasteiger partial charge < -0.3 is 15.0 Å². The maximum absolute atomic E-state index is 14.8. The van der Waals surface area contributed by atoms with Gasteiger partial charge in [-0.25, -0.2) is 23.8 Å². The Morgan fingerprint density at radius 2 is 1.83 bits per heavy atom. The van der Waals surface area contributed by atoms with E-state index in [4.69, 9.17) is 4.74 Å². The molecular formula is C26H24FN7O2. The van der Waals surface area contributed by atoms with E-state index in [1.54, 1.807) is 23.0 Å². The fourth-order valence-electron chi connectivity index (χ4n) is 3.57. The molecule has 3 aromatic heterocycles. The van der Waals surface area contributed by atoms with Gasteiger partial charge in [-0.05, 0) is 30.3 Å². The van der Waals surface area contributed by atoms with Gasteiger partial charge >= 0.3 is 6.03 Å². The van der Waals surface area contributed by atoms with E-state index in [1.165, 1.54) is 18.5 Å². The molecule has 36 heavy (non-hydrogen) atoms. The molecule has 0 fully saturated rings. The Balaban J connectivity index is 1.33. The van der Waals surface area contributed by atoms with Crippen LogP contribution in [0.25, 0.3) is 16.7 Å². The lowest BCUT2D eigenvalue weighted by Gasteiger charge is -2.14. The first-order valence-corrected chi connectivity index (χ1v) is 11.3. The molecule has 0 radical (unpaired) electrons. The molecular weight excluding hydrogens is 461 g/mol. The number of H-pyrrole nitrogens is 1. The van der Waals surface area contributed by atoms with Gasteiger partial charge in [-0.15, -0.1) is 0 Å². The predicted molar refractivity (Wildman–Crippen MR) is 135 cm³/mol. The van der Waals surface area contributed by atoms with Crippen LogP contribution >= 0.6 is 0 Å². The molecule has 0 aliphatic carbocycles. The summed E-state index contributed by atoms with van der Waals surface area (Å²) in [5.41, 5.74) is 1.97. The molecule has 0 aliphatic rings. The lowest BCUT2D eigenvalue weighted by atomic mass is 9.92. The quantitative estimate of drug-likeness (QED) is 0.282. The van der Waals surface area contributed by atoms with Crippen LogP contribution in [0.3, 0.4) is 0 Å². The number of anilines is 2. The Hall–Kier alpha value is -4.73. The van der Waals surface area contributed by atoms with Crippen molar-refractivity contribution in [1.82, 2.24) is 24.7 Å². The normalized spacial score (nSPS) is 11.4. The van der Waals surface area contributed by atoms with Gasteiger partial charge in [-0.3, -0.25) is 5.32 Å². The van der Waals surface area contributed by atoms with Crippen molar-refractivity contribution in [3.8, 4) is 17.3 Å². The molecule has 0 saturated carbocycles. The van der Waals surface area contributed by atoms with Crippen LogP contribution < -0.4 is 15.4 Å². The number of ether oxygens (including phenoxy) is 1. The molecule has 2 aromatic carbocycles. The molecule has 0 aliphatic heterocycles. The minimum atomic E-state index is -0.658. The zero-order valence-electron chi connectivity index (χ0n) is 19.9. The van der Waals surface area contributed by atoms with Gasteiger partial charge in [0.1, 0.15) is 29.4 Å². The van der Waals surface area contributed by atoms with Crippen molar-refractivity contribution < 1.29 is 13.9 Å². The second-order valence-corrected chi connectivity index (χ2v) is 9.15. The van der Waals surface area contributed by atoms with Crippen LogP contribution in [0.4, 0.5) is 20.7 Å². The highest BCUT2D eigenvalue weighted by molar-refractivity contribution is 5.99. The molecule has 182 valence electrons. The monoisotopic (exact) mass is 485 g/mol. The fourth-order valence-corrected chi connectivity index (χ4v) is 3.57. The number of fused-ring (bicyclic) bond motifs is 1. The summed E-state index contributed by atoms with van der Waals surface area (Å²) in [7, 11) is 0. The first kappa shape index (κ1) is 23.0. The molecule has 5 rings (SSSR count). The van der Waals surface area contributed by atoms with Crippen LogP contribution in [0.2, 0.25) is 0 Å². The number of nitrogens with zero attached hydrogens (tertiary/aromatic N) is 4. The third-order valence-corrected chi connectivity index (χ3v) is 5.44. The Morgan fingerprint density at radius 1 is 1.03 bits per heavy atom. The SMILES string of the molecule is CC(C)(C)c1cc(NC(=O)Nc2ccc(Oc3ncnc4[nH]ccc34)cc2F)n(-c2ccccc2)n1. The van der Waals surface area contributed by atoms with Gasteiger partial charge in [-0.2, -0.15) is 5.10 Å². The summed E-state index contributed by atoms with van der Waals surface area (Å²) in [6, 6.07) is 16.6. The van der Waals surface area contributed by atoms with E-state index in [2.05, 4.69) is 30.7 Å². The number of nitrogens with one attached hydrogen (secondary N) is 3. The number of benzene rings is 2. The van der Waals surface area contributed by atoms with E-state index < -0.39 is 11.8 Å². The zero-order chi connectivity index (χ0) is 25.3. The standard InChI is InChI=1S/C26H24FN7O2/c1-26(2,3)21-14-22(34(33-21)16-7-5-4-6-8-16)32-25(35)31-20-10-9-17(13-19(20)27)36-24-18-11-12-28-23(18)29-15-30-24/h4-15H,1-3H3,(H,28,29,30)(H2,31,32,35). The summed E-state index contributed by atoms with van der Waals surface area (Å²) in [5.74, 6) is 0.330. The van der Waals surface area contributed by atoms with Crippen molar-refractivity contribution in [2.24, 2.45) is 0 Å². The van der Waals surface area contributed by atoms with Crippen LogP contribution in [0.15, 0.2) is 73.2 Å². The predicted octanol–water partition coefficient (Wildman–Crippen LogP) is 6.02. The van der Waals surface area contributed by atoms with Gasteiger partial charge in [0.05, 0.1) is 22.5 Å². The summed E-state index contributed by atoms with van der Waals surface area (Å²) in [6.07, 6.45) is 3.07. The Bertz CT molecular complexity index is 1540. The first-order chi connectivity index (χ1) is 17.3. The number of carbonyl (C=O) groups is 1. The highest BCUT2D eigenvalue weighted by atomic mass is 19.1. The summed E-state index contributed by atoms with van der Waals surface area (Å²) in [4.78, 5) is 24.0. The maximum Gasteiger partial charge on any atom is 0.324 e. The van der Waals surface area contributed by atoms with Gasteiger partial charge in [0, 0.05) is 23.7 Å². The number of aromatic amines is 1. The lowest BCUT2D eigenvalue weighted by molar-refractivity contribution is 0.262. The number of urea groups is 1. The Labute approximate surface area is 206 Å². The van der Waals surface area contributed by atoms with Gasteiger partial charge in [-0.1, -0.05) is 39.0 Å². The van der Waals surface area contributed by atoms with E-state index in [9.17, 15) is 9.18 Å². The average Bonchev–Trinajstić information content (AvgIpc) is 3.49. The smallest absolute Gasteiger partial charge is 0.324 e. The number of hydrogen-bond donors (Lipinski definition) is 3. The second kappa shape index (κ2) is 9.14. The van der Waals surface area contributed by atoms with Crippen LogP contribution in [-0.2, 0) is 5.41 Å². The van der Waals surface area contributed by atoms with E-state index in [-0.39, 0.29) is 16.9 Å². The molecule has 5 aromatic rings. The molecule has 3 heterocycles. The van der Waals surface area contributed by atoms with Crippen molar-refractivity contribution >= 4 is 28.6 Å². The number of rotatable bonds is 5. The average molecular weight is 486 g/mol. The third kappa shape index (κ3) is 4.74. The minimum Gasteiger partial charge on any atom is -0.438 e. The largest absolute Gasteiger partial charge is 0.438 e. The van der Waals surface area contributed by atoms with Crippen LogP contribution in [-0.4, -0.2) is 30.8 Å². The summed E-state index contributed by atoms with van der Waals surface area (Å²) in [5, 5.41) is 10.7. The van der Waals surface area contributed by atoms with Crippen molar-refractivity contribution in [2.75, 3.05) is 10.6 Å². The Kier molecular flexibility index (Phi) is 5.85. The minimum absolute atomic E-state index is 0.00356. The van der Waals surface area contributed by atoms with Crippen molar-refractivity contribution in [3.63, 3.8) is 0 Å². The summed E-state index contributed by atoms with van der Waals surface area (Å²) < 4.78 is 22.2. The van der Waals surface area contributed by atoms with Crippen LogP contribution in [0.5, 0.6) is 11.6 Å². The summed E-state index contributed by atoms with van der Waals surface area (Å²) >= 11 is 0. The highest BCUT2D eigenvalue weighted by Crippen LogP contribution is 2.29. The molecule has 0 bridgehead atoms. The fraction of sp³-hybridized carbons (Fsp3) is 0.154. The topological polar surface area (TPSA) is 110 Å². The first-order valence-electron chi connectivity index (χ1n) is 11.3.